The molecule has 0 spiro atoms. The normalized spacial score (nSPS) is 10.4. The molecule has 0 fully saturated rings. The molecular weight excluding hydrogens is 238 g/mol. The summed E-state index contributed by atoms with van der Waals surface area (Å²) in [6, 6.07) is 4.03. The Hall–Kier alpha value is -2.17. The number of hydrogen-bond donors (Lipinski definition) is 2. The van der Waals surface area contributed by atoms with E-state index in [2.05, 4.69) is 20.3 Å². The van der Waals surface area contributed by atoms with Crippen molar-refractivity contribution < 1.29 is 0 Å². The molecule has 0 saturated heterocycles. The highest BCUT2D eigenvalue weighted by atomic mass is 15.1. The second kappa shape index (κ2) is 6.13. The van der Waals surface area contributed by atoms with E-state index in [9.17, 15) is 0 Å². The minimum absolute atomic E-state index is 0.554. The average molecular weight is 257 g/mol. The molecule has 0 unspecified atom stereocenters. The Kier molecular flexibility index (Phi) is 4.28. The molecule has 2 heterocycles. The molecule has 0 aliphatic heterocycles. The summed E-state index contributed by atoms with van der Waals surface area (Å²) in [6.07, 6.45) is 5.31. The summed E-state index contributed by atoms with van der Waals surface area (Å²) < 4.78 is 0. The van der Waals surface area contributed by atoms with Crippen molar-refractivity contribution in [3.8, 4) is 0 Å². The smallest absolute Gasteiger partial charge is 0.134 e. The summed E-state index contributed by atoms with van der Waals surface area (Å²) in [6.45, 7) is 4.76. The minimum atomic E-state index is 0.554. The van der Waals surface area contributed by atoms with Gasteiger partial charge in [-0.05, 0) is 31.0 Å². The number of nitrogens with two attached hydrogens (primary N) is 1. The lowest BCUT2D eigenvalue weighted by atomic mass is 10.2. The van der Waals surface area contributed by atoms with Gasteiger partial charge in [0, 0.05) is 30.9 Å². The zero-order valence-corrected chi connectivity index (χ0v) is 11.3. The molecular formula is C14H19N5. The molecule has 0 atom stereocenters. The standard InChI is InChI=1S/C14H19N5/c1-3-12-18-13(15)10(2)14(19-12)17-9-6-11-4-7-16-8-5-11/h4-5,7-8H,3,6,9H2,1-2H3,(H3,15,17,18,19). The quantitative estimate of drug-likeness (QED) is 0.856. The van der Waals surface area contributed by atoms with Gasteiger partial charge in [-0.2, -0.15) is 0 Å². The Labute approximate surface area is 113 Å². The molecule has 0 aliphatic carbocycles. The summed E-state index contributed by atoms with van der Waals surface area (Å²) in [4.78, 5) is 12.7. The summed E-state index contributed by atoms with van der Waals surface area (Å²) in [5.41, 5.74) is 8.04. The summed E-state index contributed by atoms with van der Waals surface area (Å²) in [5.74, 6) is 2.16. The molecule has 0 bridgehead atoms. The lowest BCUT2D eigenvalue weighted by Crippen LogP contribution is -2.11. The first-order valence-corrected chi connectivity index (χ1v) is 6.46. The van der Waals surface area contributed by atoms with E-state index in [-0.39, 0.29) is 0 Å². The summed E-state index contributed by atoms with van der Waals surface area (Å²) >= 11 is 0. The monoisotopic (exact) mass is 257 g/mol. The van der Waals surface area contributed by atoms with E-state index in [0.29, 0.717) is 5.82 Å². The summed E-state index contributed by atoms with van der Waals surface area (Å²) in [7, 11) is 0. The number of nitrogens with one attached hydrogen (secondary N) is 1. The molecule has 100 valence electrons. The second-order valence-electron chi connectivity index (χ2n) is 4.38. The molecule has 0 saturated carbocycles. The zero-order chi connectivity index (χ0) is 13.7. The molecule has 2 rings (SSSR count). The molecule has 3 N–H and O–H groups in total. The third-order valence-corrected chi connectivity index (χ3v) is 3.00. The highest BCUT2D eigenvalue weighted by Gasteiger charge is 2.07. The van der Waals surface area contributed by atoms with Gasteiger partial charge in [-0.15, -0.1) is 0 Å². The fourth-order valence-electron chi connectivity index (χ4n) is 1.79. The van der Waals surface area contributed by atoms with Gasteiger partial charge in [0.2, 0.25) is 0 Å². The maximum Gasteiger partial charge on any atom is 0.134 e. The average Bonchev–Trinajstić information content (AvgIpc) is 2.44. The van der Waals surface area contributed by atoms with Gasteiger partial charge in [-0.25, -0.2) is 9.97 Å². The molecule has 2 aromatic rings. The van der Waals surface area contributed by atoms with Gasteiger partial charge in [0.1, 0.15) is 17.5 Å². The molecule has 0 aromatic carbocycles. The topological polar surface area (TPSA) is 76.7 Å². The first-order chi connectivity index (χ1) is 9.20. The van der Waals surface area contributed by atoms with E-state index in [0.717, 1.165) is 36.6 Å². The van der Waals surface area contributed by atoms with Gasteiger partial charge < -0.3 is 11.1 Å². The first kappa shape index (κ1) is 13.3. The van der Waals surface area contributed by atoms with Gasteiger partial charge in [0.05, 0.1) is 0 Å². The minimum Gasteiger partial charge on any atom is -0.383 e. The number of nitrogen functional groups attached to an aromatic ring is 1. The molecule has 19 heavy (non-hydrogen) atoms. The molecule has 2 aromatic heterocycles. The van der Waals surface area contributed by atoms with Crippen molar-refractivity contribution in [1.29, 1.82) is 0 Å². The zero-order valence-electron chi connectivity index (χ0n) is 11.3. The van der Waals surface area contributed by atoms with E-state index in [4.69, 9.17) is 5.73 Å². The number of aromatic nitrogens is 3. The number of nitrogens with zero attached hydrogens (tertiary/aromatic N) is 3. The van der Waals surface area contributed by atoms with Gasteiger partial charge in [-0.3, -0.25) is 4.98 Å². The lowest BCUT2D eigenvalue weighted by molar-refractivity contribution is 0.920. The van der Waals surface area contributed by atoms with Crippen LogP contribution in [0.5, 0.6) is 0 Å². The van der Waals surface area contributed by atoms with Crippen molar-refractivity contribution >= 4 is 11.6 Å². The Morgan fingerprint density at radius 3 is 2.63 bits per heavy atom. The fourth-order valence-corrected chi connectivity index (χ4v) is 1.79. The Balaban J connectivity index is 2.01. The van der Waals surface area contributed by atoms with Crippen LogP contribution in [-0.4, -0.2) is 21.5 Å². The number of anilines is 2. The van der Waals surface area contributed by atoms with Crippen LogP contribution in [0.25, 0.3) is 0 Å². The molecule has 0 aliphatic rings. The van der Waals surface area contributed by atoms with Crippen LogP contribution >= 0.6 is 0 Å². The molecule has 5 heteroatoms. The van der Waals surface area contributed by atoms with Crippen LogP contribution in [0.2, 0.25) is 0 Å². The number of rotatable bonds is 5. The van der Waals surface area contributed by atoms with Crippen LogP contribution < -0.4 is 11.1 Å². The predicted octanol–water partition coefficient (Wildman–Crippen LogP) is 1.98. The first-order valence-electron chi connectivity index (χ1n) is 6.46. The highest BCUT2D eigenvalue weighted by Crippen LogP contribution is 2.17. The van der Waals surface area contributed by atoms with E-state index >= 15 is 0 Å². The van der Waals surface area contributed by atoms with E-state index in [1.54, 1.807) is 12.4 Å². The Morgan fingerprint density at radius 1 is 1.21 bits per heavy atom. The highest BCUT2D eigenvalue weighted by molar-refractivity contribution is 5.54. The van der Waals surface area contributed by atoms with Gasteiger partial charge in [-0.1, -0.05) is 6.92 Å². The fraction of sp³-hybridized carbons (Fsp3) is 0.357. The molecule has 5 nitrogen and oxygen atoms in total. The van der Waals surface area contributed by atoms with Crippen molar-refractivity contribution in [3.05, 3.63) is 41.5 Å². The van der Waals surface area contributed by atoms with Crippen LogP contribution in [0.15, 0.2) is 24.5 Å². The Morgan fingerprint density at radius 2 is 1.95 bits per heavy atom. The lowest BCUT2D eigenvalue weighted by Gasteiger charge is -2.11. The number of aryl methyl sites for hydroxylation is 1. The van der Waals surface area contributed by atoms with Crippen LogP contribution in [0.3, 0.4) is 0 Å². The van der Waals surface area contributed by atoms with Crippen LogP contribution in [-0.2, 0) is 12.8 Å². The van der Waals surface area contributed by atoms with Crippen LogP contribution in [0.4, 0.5) is 11.6 Å². The molecule has 0 radical (unpaired) electrons. The van der Waals surface area contributed by atoms with Gasteiger partial charge in [0.15, 0.2) is 0 Å². The SMILES string of the molecule is CCc1nc(N)c(C)c(NCCc2ccncc2)n1. The van der Waals surface area contributed by atoms with Gasteiger partial charge >= 0.3 is 0 Å². The van der Waals surface area contributed by atoms with Crippen molar-refractivity contribution in [1.82, 2.24) is 15.0 Å². The third kappa shape index (κ3) is 3.40. The van der Waals surface area contributed by atoms with Crippen molar-refractivity contribution in [2.75, 3.05) is 17.6 Å². The van der Waals surface area contributed by atoms with E-state index in [1.807, 2.05) is 26.0 Å². The third-order valence-electron chi connectivity index (χ3n) is 3.00. The Bertz CT molecular complexity index is 539. The predicted molar refractivity (Wildman–Crippen MR) is 77.0 cm³/mol. The van der Waals surface area contributed by atoms with Crippen LogP contribution in [0.1, 0.15) is 23.9 Å². The van der Waals surface area contributed by atoms with Crippen molar-refractivity contribution in [3.63, 3.8) is 0 Å². The maximum absolute atomic E-state index is 5.88. The summed E-state index contributed by atoms with van der Waals surface area (Å²) in [5, 5.41) is 3.33. The van der Waals surface area contributed by atoms with E-state index < -0.39 is 0 Å². The number of pyridine rings is 1. The van der Waals surface area contributed by atoms with Crippen molar-refractivity contribution in [2.24, 2.45) is 0 Å². The van der Waals surface area contributed by atoms with Crippen molar-refractivity contribution in [2.45, 2.75) is 26.7 Å². The molecule has 0 amide bonds. The number of hydrogen-bond acceptors (Lipinski definition) is 5. The van der Waals surface area contributed by atoms with Crippen LogP contribution in [0, 0.1) is 6.92 Å². The van der Waals surface area contributed by atoms with E-state index in [1.165, 1.54) is 5.56 Å². The largest absolute Gasteiger partial charge is 0.383 e. The van der Waals surface area contributed by atoms with Gasteiger partial charge in [0.25, 0.3) is 0 Å². The second-order valence-corrected chi connectivity index (χ2v) is 4.38. The maximum atomic E-state index is 5.88.